The normalized spacial score (nSPS) is 15.7. The Balaban J connectivity index is 1.82. The lowest BCUT2D eigenvalue weighted by atomic mass is 10.1. The smallest absolute Gasteiger partial charge is 0.197 e. The van der Waals surface area contributed by atoms with Crippen LogP contribution >= 0.6 is 0 Å². The molecule has 2 aromatic rings. The fraction of sp³-hybridized carbons (Fsp3) is 0.111. The van der Waals surface area contributed by atoms with Crippen LogP contribution in [0.25, 0.3) is 6.08 Å². The SMILES string of the molecule is O=C1C(=Cc2cccc3c2OCCO3)C(=O)c2ccccc21. The molecule has 108 valence electrons. The third kappa shape index (κ3) is 1.84. The van der Waals surface area contributed by atoms with Crippen molar-refractivity contribution in [2.75, 3.05) is 13.2 Å². The van der Waals surface area contributed by atoms with Crippen LogP contribution in [0.15, 0.2) is 48.0 Å². The highest BCUT2D eigenvalue weighted by molar-refractivity contribution is 6.41. The van der Waals surface area contributed by atoms with Crippen LogP contribution in [0.1, 0.15) is 26.3 Å². The maximum atomic E-state index is 12.4. The quantitative estimate of drug-likeness (QED) is 0.599. The lowest BCUT2D eigenvalue weighted by Gasteiger charge is -2.19. The number of hydrogen-bond acceptors (Lipinski definition) is 4. The lowest BCUT2D eigenvalue weighted by molar-refractivity contribution is 0.0990. The van der Waals surface area contributed by atoms with Gasteiger partial charge in [0.05, 0.1) is 5.57 Å². The number of fused-ring (bicyclic) bond motifs is 2. The van der Waals surface area contributed by atoms with Gasteiger partial charge in [-0.15, -0.1) is 0 Å². The molecule has 4 heteroatoms. The first-order valence-corrected chi connectivity index (χ1v) is 7.04. The number of carbonyl (C=O) groups is 2. The van der Waals surface area contributed by atoms with Gasteiger partial charge in [-0.2, -0.15) is 0 Å². The maximum absolute atomic E-state index is 12.4. The minimum absolute atomic E-state index is 0.170. The second-order valence-electron chi connectivity index (χ2n) is 5.13. The highest BCUT2D eigenvalue weighted by atomic mass is 16.6. The molecule has 1 heterocycles. The van der Waals surface area contributed by atoms with Gasteiger partial charge in [-0.3, -0.25) is 9.59 Å². The summed E-state index contributed by atoms with van der Waals surface area (Å²) in [6, 6.07) is 12.3. The van der Waals surface area contributed by atoms with Gasteiger partial charge in [0.2, 0.25) is 0 Å². The van der Waals surface area contributed by atoms with Gasteiger partial charge in [-0.1, -0.05) is 36.4 Å². The van der Waals surface area contributed by atoms with Gasteiger partial charge >= 0.3 is 0 Å². The molecular formula is C18H12O4. The molecule has 0 aromatic heterocycles. The summed E-state index contributed by atoms with van der Waals surface area (Å²) in [5, 5.41) is 0. The monoisotopic (exact) mass is 292 g/mol. The standard InChI is InChI=1S/C18H12O4/c19-16-12-5-1-2-6-13(12)17(20)14(16)10-11-4-3-7-15-18(11)22-9-8-21-15/h1-7,10H,8-9H2. The summed E-state index contributed by atoms with van der Waals surface area (Å²) < 4.78 is 11.1. The summed E-state index contributed by atoms with van der Waals surface area (Å²) in [5.74, 6) is 0.735. The molecule has 0 saturated heterocycles. The van der Waals surface area contributed by atoms with Crippen molar-refractivity contribution in [2.45, 2.75) is 0 Å². The zero-order valence-electron chi connectivity index (χ0n) is 11.7. The van der Waals surface area contributed by atoms with Gasteiger partial charge in [0.15, 0.2) is 23.1 Å². The summed E-state index contributed by atoms with van der Waals surface area (Å²) in [4.78, 5) is 24.8. The van der Waals surface area contributed by atoms with E-state index < -0.39 is 0 Å². The van der Waals surface area contributed by atoms with E-state index in [4.69, 9.17) is 9.47 Å². The van der Waals surface area contributed by atoms with Crippen LogP contribution in [0.5, 0.6) is 11.5 Å². The summed E-state index contributed by atoms with van der Waals surface area (Å²) in [6.07, 6.45) is 1.60. The van der Waals surface area contributed by atoms with Crippen molar-refractivity contribution in [3.63, 3.8) is 0 Å². The van der Waals surface area contributed by atoms with Crippen molar-refractivity contribution < 1.29 is 19.1 Å². The van der Waals surface area contributed by atoms with Crippen LogP contribution in [0.4, 0.5) is 0 Å². The molecule has 0 unspecified atom stereocenters. The van der Waals surface area contributed by atoms with Gasteiger partial charge in [-0.25, -0.2) is 0 Å². The maximum Gasteiger partial charge on any atom is 0.197 e. The van der Waals surface area contributed by atoms with Crippen molar-refractivity contribution in [1.82, 2.24) is 0 Å². The Kier molecular flexibility index (Phi) is 2.82. The minimum atomic E-state index is -0.241. The molecule has 0 radical (unpaired) electrons. The third-order valence-corrected chi connectivity index (χ3v) is 3.80. The molecule has 4 nitrogen and oxygen atoms in total. The average molecular weight is 292 g/mol. The molecule has 22 heavy (non-hydrogen) atoms. The second kappa shape index (κ2) is 4.84. The predicted octanol–water partition coefficient (Wildman–Crippen LogP) is 2.92. The van der Waals surface area contributed by atoms with Gasteiger partial charge < -0.3 is 9.47 Å². The molecule has 2 aliphatic rings. The lowest BCUT2D eigenvalue weighted by Crippen LogP contribution is -2.16. The van der Waals surface area contributed by atoms with Gasteiger partial charge in [0, 0.05) is 16.7 Å². The van der Waals surface area contributed by atoms with E-state index in [0.29, 0.717) is 41.4 Å². The number of Topliss-reactive ketones (excluding diaryl/α,β-unsaturated/α-hetero) is 2. The number of carbonyl (C=O) groups excluding carboxylic acids is 2. The third-order valence-electron chi connectivity index (χ3n) is 3.80. The second-order valence-corrected chi connectivity index (χ2v) is 5.13. The van der Waals surface area contributed by atoms with E-state index in [0.717, 1.165) is 0 Å². The highest BCUT2D eigenvalue weighted by Crippen LogP contribution is 2.36. The van der Waals surface area contributed by atoms with E-state index in [-0.39, 0.29) is 17.1 Å². The zero-order chi connectivity index (χ0) is 15.1. The molecular weight excluding hydrogens is 280 g/mol. The number of benzene rings is 2. The number of ketones is 2. The number of hydrogen-bond donors (Lipinski definition) is 0. The number of allylic oxidation sites excluding steroid dienone is 1. The van der Waals surface area contributed by atoms with Gasteiger partial charge in [0.25, 0.3) is 0 Å². The van der Waals surface area contributed by atoms with Crippen molar-refractivity contribution in [1.29, 1.82) is 0 Å². The molecule has 1 aliphatic heterocycles. The average Bonchev–Trinajstić information content (AvgIpc) is 2.81. The first kappa shape index (κ1) is 12.8. The summed E-state index contributed by atoms with van der Waals surface area (Å²) in [5.41, 5.74) is 1.77. The van der Waals surface area contributed by atoms with Crippen LogP contribution in [0, 0.1) is 0 Å². The van der Waals surface area contributed by atoms with Crippen molar-refractivity contribution in [2.24, 2.45) is 0 Å². The molecule has 0 saturated carbocycles. The van der Waals surface area contributed by atoms with Crippen molar-refractivity contribution in [3.05, 3.63) is 64.7 Å². The van der Waals surface area contributed by atoms with E-state index in [1.807, 2.05) is 18.2 Å². The van der Waals surface area contributed by atoms with Crippen LogP contribution in [-0.2, 0) is 0 Å². The van der Waals surface area contributed by atoms with E-state index in [1.54, 1.807) is 30.3 Å². The van der Waals surface area contributed by atoms with Crippen LogP contribution < -0.4 is 9.47 Å². The van der Waals surface area contributed by atoms with Gasteiger partial charge in [0.1, 0.15) is 13.2 Å². The van der Waals surface area contributed by atoms with E-state index in [1.165, 1.54) is 0 Å². The highest BCUT2D eigenvalue weighted by Gasteiger charge is 2.33. The van der Waals surface area contributed by atoms with E-state index in [2.05, 4.69) is 0 Å². The van der Waals surface area contributed by atoms with Gasteiger partial charge in [-0.05, 0) is 12.1 Å². The number of ether oxygens (including phenoxy) is 2. The molecule has 1 aliphatic carbocycles. The Labute approximate surface area is 127 Å². The first-order valence-electron chi connectivity index (χ1n) is 7.04. The Morgan fingerprint density at radius 2 is 1.50 bits per heavy atom. The Morgan fingerprint density at radius 1 is 0.818 bits per heavy atom. The summed E-state index contributed by atoms with van der Waals surface area (Å²) in [6.45, 7) is 0.950. The molecule has 0 N–H and O–H groups in total. The summed E-state index contributed by atoms with van der Waals surface area (Å²) >= 11 is 0. The molecule has 0 spiro atoms. The van der Waals surface area contributed by atoms with Crippen molar-refractivity contribution >= 4 is 17.6 Å². The summed E-state index contributed by atoms with van der Waals surface area (Å²) in [7, 11) is 0. The topological polar surface area (TPSA) is 52.6 Å². The van der Waals surface area contributed by atoms with Crippen LogP contribution in [0.3, 0.4) is 0 Å². The number of para-hydroxylation sites is 1. The minimum Gasteiger partial charge on any atom is -0.486 e. The molecule has 0 atom stereocenters. The Bertz CT molecular complexity index is 796. The van der Waals surface area contributed by atoms with E-state index in [9.17, 15) is 9.59 Å². The zero-order valence-corrected chi connectivity index (χ0v) is 11.7. The Hall–Kier alpha value is -2.88. The molecule has 0 amide bonds. The largest absolute Gasteiger partial charge is 0.486 e. The predicted molar refractivity (Wildman–Crippen MR) is 80.5 cm³/mol. The Morgan fingerprint density at radius 3 is 2.23 bits per heavy atom. The number of rotatable bonds is 1. The molecule has 2 aromatic carbocycles. The molecule has 0 bridgehead atoms. The molecule has 0 fully saturated rings. The van der Waals surface area contributed by atoms with Crippen LogP contribution in [-0.4, -0.2) is 24.8 Å². The first-order chi connectivity index (χ1) is 10.8. The fourth-order valence-corrected chi connectivity index (χ4v) is 2.77. The van der Waals surface area contributed by atoms with Crippen molar-refractivity contribution in [3.8, 4) is 11.5 Å². The van der Waals surface area contributed by atoms with Crippen LogP contribution in [0.2, 0.25) is 0 Å². The fourth-order valence-electron chi connectivity index (χ4n) is 2.77. The molecule has 4 rings (SSSR count). The van der Waals surface area contributed by atoms with E-state index >= 15 is 0 Å².